The molecule has 15 heteroatoms. The Morgan fingerprint density at radius 3 is 2.41 bits per heavy atom. The maximum Gasteiger partial charge on any atom is 0.303 e. The molecule has 0 fully saturated rings. The lowest BCUT2D eigenvalue weighted by Crippen LogP contribution is -2.32. The van der Waals surface area contributed by atoms with Crippen molar-refractivity contribution in [2.75, 3.05) is 20.7 Å². The van der Waals surface area contributed by atoms with E-state index in [1.54, 1.807) is 31.1 Å². The molecular formula is C24H27N7O8. The molecule has 206 valence electrons. The van der Waals surface area contributed by atoms with Gasteiger partial charge in [0.2, 0.25) is 5.95 Å². The average Bonchev–Trinajstić information content (AvgIpc) is 2.88. The van der Waals surface area contributed by atoms with E-state index in [2.05, 4.69) is 19.9 Å². The summed E-state index contributed by atoms with van der Waals surface area (Å²) in [5.41, 5.74) is -0.163. The van der Waals surface area contributed by atoms with Crippen LogP contribution in [0.1, 0.15) is 31.2 Å². The van der Waals surface area contributed by atoms with E-state index in [-0.39, 0.29) is 35.0 Å². The van der Waals surface area contributed by atoms with Gasteiger partial charge in [0.15, 0.2) is 23.4 Å². The minimum atomic E-state index is -1.34. The number of aryl methyl sites for hydroxylation is 1. The minimum absolute atomic E-state index is 0.0316. The maximum absolute atomic E-state index is 13.6. The van der Waals surface area contributed by atoms with Crippen LogP contribution in [0.5, 0.6) is 0 Å². The Kier molecular flexibility index (Phi) is 9.33. The Morgan fingerprint density at radius 2 is 1.85 bits per heavy atom. The second kappa shape index (κ2) is 12.6. The van der Waals surface area contributed by atoms with Crippen molar-refractivity contribution in [3.63, 3.8) is 0 Å². The number of aliphatic hydroxyl groups excluding tert-OH is 1. The first-order valence-corrected chi connectivity index (χ1v) is 11.7. The van der Waals surface area contributed by atoms with Crippen molar-refractivity contribution < 1.29 is 29.1 Å². The van der Waals surface area contributed by atoms with E-state index >= 15 is 0 Å². The van der Waals surface area contributed by atoms with Crippen LogP contribution >= 0.6 is 0 Å². The number of aliphatic imine (C=N–C) groups is 1. The van der Waals surface area contributed by atoms with Crippen LogP contribution in [-0.4, -0.2) is 79.5 Å². The highest BCUT2D eigenvalue weighted by atomic mass is 16.6. The average molecular weight is 542 g/mol. The van der Waals surface area contributed by atoms with Crippen LogP contribution in [0, 0.1) is 10.1 Å². The summed E-state index contributed by atoms with van der Waals surface area (Å²) in [5, 5.41) is 20.7. The summed E-state index contributed by atoms with van der Waals surface area (Å²) in [6, 6.07) is 5.92. The van der Waals surface area contributed by atoms with Gasteiger partial charge >= 0.3 is 11.9 Å². The molecule has 0 aliphatic rings. The number of esters is 2. The standard InChI is InChI=1S/C24H27N7O8/c1-14(33)38-19(12-32)21(39-15(2)34)18-11-25-22-20(27-18)23(35)30(24(28-22)26-13-29(3)4)10-9-16-5-7-17(8-6-16)31(36)37/h5-8,11,13,19,21,32H,9-10,12H2,1-4H3/b26-13+/t19-,21+/m1/s1. The highest BCUT2D eigenvalue weighted by Gasteiger charge is 2.31. The van der Waals surface area contributed by atoms with Crippen molar-refractivity contribution in [1.29, 1.82) is 0 Å². The summed E-state index contributed by atoms with van der Waals surface area (Å²) in [4.78, 5) is 66.0. The summed E-state index contributed by atoms with van der Waals surface area (Å²) < 4.78 is 11.6. The lowest BCUT2D eigenvalue weighted by molar-refractivity contribution is -0.384. The Hall–Kier alpha value is -4.79. The molecule has 0 spiro atoms. The quantitative estimate of drug-likeness (QED) is 0.120. The van der Waals surface area contributed by atoms with Gasteiger partial charge in [0.05, 0.1) is 24.1 Å². The molecular weight excluding hydrogens is 514 g/mol. The van der Waals surface area contributed by atoms with Gasteiger partial charge in [-0.3, -0.25) is 29.1 Å². The fourth-order valence-electron chi connectivity index (χ4n) is 3.54. The molecule has 0 amide bonds. The number of carbonyl (C=O) groups is 2. The Morgan fingerprint density at radius 1 is 1.18 bits per heavy atom. The number of aromatic nitrogens is 4. The van der Waals surface area contributed by atoms with Gasteiger partial charge < -0.3 is 19.5 Å². The number of ether oxygens (including phenoxy) is 2. The summed E-state index contributed by atoms with van der Waals surface area (Å²) in [5.74, 6) is -1.41. The monoisotopic (exact) mass is 541 g/mol. The second-order valence-electron chi connectivity index (χ2n) is 8.58. The van der Waals surface area contributed by atoms with Crippen LogP contribution in [0.15, 0.2) is 40.2 Å². The van der Waals surface area contributed by atoms with Gasteiger partial charge in [-0.25, -0.2) is 15.0 Å². The van der Waals surface area contributed by atoms with Crippen LogP contribution in [-0.2, 0) is 32.0 Å². The number of aliphatic hydroxyl groups is 1. The van der Waals surface area contributed by atoms with E-state index in [0.29, 0.717) is 6.42 Å². The third-order valence-electron chi connectivity index (χ3n) is 5.26. The van der Waals surface area contributed by atoms with Crippen molar-refractivity contribution in [3.8, 4) is 0 Å². The number of hydrogen-bond donors (Lipinski definition) is 1. The van der Waals surface area contributed by atoms with Crippen molar-refractivity contribution in [2.45, 2.75) is 39.0 Å². The van der Waals surface area contributed by atoms with Crippen LogP contribution in [0.3, 0.4) is 0 Å². The fraction of sp³-hybridized carbons (Fsp3) is 0.375. The van der Waals surface area contributed by atoms with Gasteiger partial charge in [-0.15, -0.1) is 0 Å². The number of nitro benzene ring substituents is 1. The zero-order valence-electron chi connectivity index (χ0n) is 21.7. The number of hydrogen-bond acceptors (Lipinski definition) is 12. The molecule has 3 aromatic rings. The van der Waals surface area contributed by atoms with Gasteiger partial charge in [0.1, 0.15) is 5.69 Å². The van der Waals surface area contributed by atoms with Crippen LogP contribution in [0.25, 0.3) is 11.2 Å². The van der Waals surface area contributed by atoms with E-state index in [1.807, 2.05) is 0 Å². The normalized spacial score (nSPS) is 12.7. The molecule has 0 aliphatic heterocycles. The first-order valence-electron chi connectivity index (χ1n) is 11.7. The van der Waals surface area contributed by atoms with E-state index in [9.17, 15) is 29.6 Å². The van der Waals surface area contributed by atoms with Crippen molar-refractivity contribution in [1.82, 2.24) is 24.4 Å². The zero-order valence-corrected chi connectivity index (χ0v) is 21.7. The minimum Gasteiger partial charge on any atom is -0.456 e. The van der Waals surface area contributed by atoms with Crippen LogP contribution < -0.4 is 5.56 Å². The van der Waals surface area contributed by atoms with Gasteiger partial charge in [0.25, 0.3) is 11.2 Å². The van der Waals surface area contributed by atoms with Crippen LogP contribution in [0.2, 0.25) is 0 Å². The van der Waals surface area contributed by atoms with Gasteiger partial charge in [-0.05, 0) is 12.0 Å². The largest absolute Gasteiger partial charge is 0.456 e. The van der Waals surface area contributed by atoms with Crippen LogP contribution in [0.4, 0.5) is 11.6 Å². The molecule has 2 atom stereocenters. The van der Waals surface area contributed by atoms with E-state index in [4.69, 9.17) is 9.47 Å². The molecule has 0 saturated heterocycles. The van der Waals surface area contributed by atoms with Gasteiger partial charge in [-0.1, -0.05) is 12.1 Å². The zero-order chi connectivity index (χ0) is 28.7. The lowest BCUT2D eigenvalue weighted by atomic mass is 10.1. The molecule has 3 rings (SSSR count). The number of nitro groups is 1. The van der Waals surface area contributed by atoms with Crippen molar-refractivity contribution in [2.24, 2.45) is 4.99 Å². The smallest absolute Gasteiger partial charge is 0.303 e. The van der Waals surface area contributed by atoms with E-state index in [1.165, 1.54) is 29.2 Å². The molecule has 1 N–H and O–H groups in total. The highest BCUT2D eigenvalue weighted by molar-refractivity contribution is 5.71. The third-order valence-corrected chi connectivity index (χ3v) is 5.26. The van der Waals surface area contributed by atoms with Crippen molar-refractivity contribution in [3.05, 3.63) is 62.2 Å². The van der Waals surface area contributed by atoms with Gasteiger partial charge in [0, 0.05) is 46.6 Å². The molecule has 2 heterocycles. The SMILES string of the molecule is CC(=O)O[C@H](CO)[C@@H](OC(C)=O)c1cnc2nc(/N=C/N(C)C)n(CCc3ccc([N+](=O)[O-])cc3)c(=O)c2n1. The van der Waals surface area contributed by atoms with E-state index < -0.39 is 41.2 Å². The number of fused-ring (bicyclic) bond motifs is 1. The topological polar surface area (TPSA) is 192 Å². The number of nitrogens with zero attached hydrogens (tertiary/aromatic N) is 7. The Bertz CT molecular complexity index is 1450. The third kappa shape index (κ3) is 7.38. The predicted molar refractivity (Wildman–Crippen MR) is 137 cm³/mol. The first-order chi connectivity index (χ1) is 18.5. The first kappa shape index (κ1) is 28.8. The molecule has 0 saturated carbocycles. The van der Waals surface area contributed by atoms with E-state index in [0.717, 1.165) is 19.4 Å². The molecule has 15 nitrogen and oxygen atoms in total. The summed E-state index contributed by atoms with van der Waals surface area (Å²) >= 11 is 0. The number of carbonyl (C=O) groups excluding carboxylic acids is 2. The molecule has 0 aliphatic carbocycles. The van der Waals surface area contributed by atoms with Gasteiger partial charge in [-0.2, -0.15) is 4.98 Å². The molecule has 0 radical (unpaired) electrons. The maximum atomic E-state index is 13.6. The number of benzene rings is 1. The molecule has 1 aromatic carbocycles. The summed E-state index contributed by atoms with van der Waals surface area (Å²) in [6.07, 6.45) is 0.346. The highest BCUT2D eigenvalue weighted by Crippen LogP contribution is 2.24. The molecule has 0 unspecified atom stereocenters. The molecule has 39 heavy (non-hydrogen) atoms. The summed E-state index contributed by atoms with van der Waals surface area (Å²) in [6.45, 7) is 1.67. The Balaban J connectivity index is 2.09. The Labute approximate surface area is 221 Å². The number of non-ortho nitro benzene ring substituents is 1. The predicted octanol–water partition coefficient (Wildman–Crippen LogP) is 1.09. The second-order valence-corrected chi connectivity index (χ2v) is 8.58. The fourth-order valence-corrected chi connectivity index (χ4v) is 3.54. The summed E-state index contributed by atoms with van der Waals surface area (Å²) in [7, 11) is 3.48. The van der Waals surface area contributed by atoms with Crippen molar-refractivity contribution >= 4 is 41.1 Å². The molecule has 2 aromatic heterocycles. The number of rotatable bonds is 11. The lowest BCUT2D eigenvalue weighted by Gasteiger charge is -2.24. The molecule has 0 bridgehead atoms.